The van der Waals surface area contributed by atoms with E-state index in [0.717, 1.165) is 16.5 Å². The van der Waals surface area contributed by atoms with Crippen molar-refractivity contribution in [3.63, 3.8) is 0 Å². The first-order valence-electron chi connectivity index (χ1n) is 6.11. The molecule has 2 aromatic rings. The van der Waals surface area contributed by atoms with E-state index in [1.807, 2.05) is 25.1 Å². The number of hydrogen-bond acceptors (Lipinski definition) is 2. The normalized spacial score (nSPS) is 9.85. The largest absolute Gasteiger partial charge is 0.322 e. The van der Waals surface area contributed by atoms with Crippen LogP contribution in [0.3, 0.4) is 0 Å². The van der Waals surface area contributed by atoms with Gasteiger partial charge in [-0.05, 0) is 42.3 Å². The topological polar surface area (TPSA) is 52.9 Å². The minimum absolute atomic E-state index is 0.177. The van der Waals surface area contributed by atoms with E-state index in [-0.39, 0.29) is 5.91 Å². The summed E-state index contributed by atoms with van der Waals surface area (Å²) in [7, 11) is 0. The van der Waals surface area contributed by atoms with E-state index in [0.29, 0.717) is 16.8 Å². The highest BCUT2D eigenvalue weighted by Gasteiger charge is 2.08. The van der Waals surface area contributed by atoms with Crippen LogP contribution in [0.1, 0.15) is 27.0 Å². The Bertz CT molecular complexity index is 672. The van der Waals surface area contributed by atoms with Crippen LogP contribution in [0, 0.1) is 18.3 Å². The van der Waals surface area contributed by atoms with Crippen molar-refractivity contribution in [1.82, 2.24) is 0 Å². The average Bonchev–Trinajstić information content (AvgIpc) is 2.49. The third-order valence-electron chi connectivity index (χ3n) is 2.99. The Morgan fingerprint density at radius 2 is 1.95 bits per heavy atom. The predicted molar refractivity (Wildman–Crippen MR) is 82.9 cm³/mol. The zero-order valence-corrected chi connectivity index (χ0v) is 12.6. The van der Waals surface area contributed by atoms with Crippen molar-refractivity contribution in [2.24, 2.45) is 0 Å². The standard InChI is InChI=1S/C16H13BrN2O/c1-11-2-3-13(10-18)8-15(11)19-16(20)14-6-4-12(9-17)5-7-14/h2-8H,9H2,1H3,(H,19,20). The van der Waals surface area contributed by atoms with E-state index in [2.05, 4.69) is 27.3 Å². The predicted octanol–water partition coefficient (Wildman–Crippen LogP) is 4.01. The van der Waals surface area contributed by atoms with Crippen molar-refractivity contribution < 1.29 is 4.79 Å². The first kappa shape index (κ1) is 14.3. The molecule has 0 saturated heterocycles. The van der Waals surface area contributed by atoms with Crippen LogP contribution >= 0.6 is 15.9 Å². The lowest BCUT2D eigenvalue weighted by Gasteiger charge is -2.09. The summed E-state index contributed by atoms with van der Waals surface area (Å²) < 4.78 is 0. The van der Waals surface area contributed by atoms with Gasteiger partial charge in [0, 0.05) is 16.6 Å². The molecule has 0 aromatic heterocycles. The van der Waals surface area contributed by atoms with E-state index >= 15 is 0 Å². The van der Waals surface area contributed by atoms with Crippen LogP contribution in [0.4, 0.5) is 5.69 Å². The van der Waals surface area contributed by atoms with E-state index < -0.39 is 0 Å². The summed E-state index contributed by atoms with van der Waals surface area (Å²) >= 11 is 3.37. The summed E-state index contributed by atoms with van der Waals surface area (Å²) in [6.07, 6.45) is 0. The zero-order valence-electron chi connectivity index (χ0n) is 11.0. The van der Waals surface area contributed by atoms with Crippen molar-refractivity contribution in [2.45, 2.75) is 12.3 Å². The molecule has 0 saturated carbocycles. The summed E-state index contributed by atoms with van der Waals surface area (Å²) in [5.41, 5.74) is 3.83. The van der Waals surface area contributed by atoms with Crippen LogP contribution in [0.25, 0.3) is 0 Å². The minimum Gasteiger partial charge on any atom is -0.322 e. The summed E-state index contributed by atoms with van der Waals surface area (Å²) in [6, 6.07) is 14.7. The van der Waals surface area contributed by atoms with Gasteiger partial charge in [-0.2, -0.15) is 5.26 Å². The molecule has 0 radical (unpaired) electrons. The average molecular weight is 329 g/mol. The maximum atomic E-state index is 12.2. The Hall–Kier alpha value is -2.12. The van der Waals surface area contributed by atoms with Gasteiger partial charge in [0.05, 0.1) is 11.6 Å². The lowest BCUT2D eigenvalue weighted by atomic mass is 10.1. The van der Waals surface area contributed by atoms with Gasteiger partial charge in [0.2, 0.25) is 0 Å². The van der Waals surface area contributed by atoms with E-state index in [1.165, 1.54) is 0 Å². The molecule has 20 heavy (non-hydrogen) atoms. The number of aryl methyl sites for hydroxylation is 1. The molecule has 0 heterocycles. The van der Waals surface area contributed by atoms with Crippen LogP contribution in [0.5, 0.6) is 0 Å². The Kier molecular flexibility index (Phi) is 4.54. The molecule has 2 aromatic carbocycles. The summed E-state index contributed by atoms with van der Waals surface area (Å²) in [5, 5.41) is 12.5. The van der Waals surface area contributed by atoms with Crippen molar-refractivity contribution in [1.29, 1.82) is 5.26 Å². The molecule has 0 spiro atoms. The molecule has 3 nitrogen and oxygen atoms in total. The van der Waals surface area contributed by atoms with Crippen LogP contribution in [0.15, 0.2) is 42.5 Å². The van der Waals surface area contributed by atoms with E-state index in [9.17, 15) is 4.79 Å². The third kappa shape index (κ3) is 3.25. The zero-order chi connectivity index (χ0) is 14.5. The maximum Gasteiger partial charge on any atom is 0.255 e. The number of halogens is 1. The number of rotatable bonds is 3. The highest BCUT2D eigenvalue weighted by Crippen LogP contribution is 2.18. The summed E-state index contributed by atoms with van der Waals surface area (Å²) in [6.45, 7) is 1.89. The number of hydrogen-bond donors (Lipinski definition) is 1. The van der Waals surface area contributed by atoms with Crippen LogP contribution in [-0.2, 0) is 5.33 Å². The molecule has 0 unspecified atom stereocenters. The van der Waals surface area contributed by atoms with Gasteiger partial charge in [0.25, 0.3) is 5.91 Å². The number of nitrogens with zero attached hydrogens (tertiary/aromatic N) is 1. The smallest absolute Gasteiger partial charge is 0.255 e. The molecule has 0 aliphatic carbocycles. The fraction of sp³-hybridized carbons (Fsp3) is 0.125. The minimum atomic E-state index is -0.177. The second-order valence-corrected chi connectivity index (χ2v) is 4.99. The van der Waals surface area contributed by atoms with Gasteiger partial charge in [-0.3, -0.25) is 4.79 Å². The number of benzene rings is 2. The molecule has 100 valence electrons. The van der Waals surface area contributed by atoms with Crippen LogP contribution in [0.2, 0.25) is 0 Å². The Morgan fingerprint density at radius 3 is 2.55 bits per heavy atom. The number of anilines is 1. The molecule has 1 amide bonds. The number of amides is 1. The molecule has 0 aliphatic rings. The molecule has 1 N–H and O–H groups in total. The fourth-order valence-corrected chi connectivity index (χ4v) is 2.14. The van der Waals surface area contributed by atoms with Gasteiger partial charge < -0.3 is 5.32 Å². The molecule has 4 heteroatoms. The first-order valence-corrected chi connectivity index (χ1v) is 7.23. The molecule has 0 bridgehead atoms. The van der Waals surface area contributed by atoms with Crippen LogP contribution < -0.4 is 5.32 Å². The Labute approximate surface area is 126 Å². The number of nitriles is 1. The molecule has 2 rings (SSSR count). The highest BCUT2D eigenvalue weighted by atomic mass is 79.9. The quantitative estimate of drug-likeness (QED) is 0.865. The van der Waals surface area contributed by atoms with Gasteiger partial charge in [-0.15, -0.1) is 0 Å². The van der Waals surface area contributed by atoms with Gasteiger partial charge in [0.15, 0.2) is 0 Å². The SMILES string of the molecule is Cc1ccc(C#N)cc1NC(=O)c1ccc(CBr)cc1. The molecule has 0 aliphatic heterocycles. The lowest BCUT2D eigenvalue weighted by molar-refractivity contribution is 0.102. The monoisotopic (exact) mass is 328 g/mol. The first-order chi connectivity index (χ1) is 9.63. The molecular weight excluding hydrogens is 316 g/mol. The van der Waals surface area contributed by atoms with Gasteiger partial charge in [-0.1, -0.05) is 34.1 Å². The third-order valence-corrected chi connectivity index (χ3v) is 3.63. The molecule has 0 fully saturated rings. The Balaban J connectivity index is 2.20. The van der Waals surface area contributed by atoms with Crippen molar-refractivity contribution in [3.05, 3.63) is 64.7 Å². The van der Waals surface area contributed by atoms with Gasteiger partial charge in [0.1, 0.15) is 0 Å². The van der Waals surface area contributed by atoms with Crippen molar-refractivity contribution in [2.75, 3.05) is 5.32 Å². The number of alkyl halides is 1. The van der Waals surface area contributed by atoms with Crippen LogP contribution in [-0.4, -0.2) is 5.91 Å². The Morgan fingerprint density at radius 1 is 1.25 bits per heavy atom. The second kappa shape index (κ2) is 6.36. The van der Waals surface area contributed by atoms with Crippen molar-refractivity contribution in [3.8, 4) is 6.07 Å². The number of carbonyl (C=O) groups excluding carboxylic acids is 1. The summed E-state index contributed by atoms with van der Waals surface area (Å²) in [5.74, 6) is -0.177. The maximum absolute atomic E-state index is 12.2. The van der Waals surface area contributed by atoms with E-state index in [4.69, 9.17) is 5.26 Å². The highest BCUT2D eigenvalue weighted by molar-refractivity contribution is 9.08. The van der Waals surface area contributed by atoms with E-state index in [1.54, 1.807) is 24.3 Å². The lowest BCUT2D eigenvalue weighted by Crippen LogP contribution is -2.12. The molecule has 0 atom stereocenters. The fourth-order valence-electron chi connectivity index (χ4n) is 1.77. The molecular formula is C16H13BrN2O. The number of carbonyl (C=O) groups is 1. The second-order valence-electron chi connectivity index (χ2n) is 4.43. The van der Waals surface area contributed by atoms with Gasteiger partial charge >= 0.3 is 0 Å². The van der Waals surface area contributed by atoms with Crippen molar-refractivity contribution >= 4 is 27.5 Å². The summed E-state index contributed by atoms with van der Waals surface area (Å²) in [4.78, 5) is 12.2. The number of nitrogens with one attached hydrogen (secondary N) is 1. The van der Waals surface area contributed by atoms with Gasteiger partial charge in [-0.25, -0.2) is 0 Å².